The van der Waals surface area contributed by atoms with Crippen molar-refractivity contribution in [2.75, 3.05) is 27.9 Å². The number of amides is 2. The number of urea groups is 1. The van der Waals surface area contributed by atoms with Gasteiger partial charge in [0.15, 0.2) is 5.88 Å². The van der Waals surface area contributed by atoms with Gasteiger partial charge in [0.1, 0.15) is 5.82 Å². The van der Waals surface area contributed by atoms with Gasteiger partial charge in [-0.1, -0.05) is 0 Å². The lowest BCUT2D eigenvalue weighted by Gasteiger charge is -2.22. The molecule has 1 aliphatic heterocycles. The average Bonchev–Trinajstić information content (AvgIpc) is 3.17. The van der Waals surface area contributed by atoms with Crippen molar-refractivity contribution >= 4 is 41.2 Å². The number of carbonyl (C=O) groups is 1. The molecule has 0 aliphatic carbocycles. The van der Waals surface area contributed by atoms with Crippen molar-refractivity contribution < 1.29 is 26.8 Å². The maximum Gasteiger partial charge on any atom is 0.416 e. The van der Waals surface area contributed by atoms with Crippen LogP contribution in [0.3, 0.4) is 0 Å². The Balaban J connectivity index is 1.40. The number of hydrogen-bond donors (Lipinski definition) is 3. The lowest BCUT2D eigenvalue weighted by atomic mass is 10.2. The standard InChI is InChI=1S/C21H17F4N5O2/c1-26-18-8-12-10-30(11-27-19(12)32-18)15-5-3-14(4-6-15)28-20(31)29-17-9-13(21(23,24)25)2-7-16(17)22/h2-9,11,26H,10H2,1H3,(H2,28,29,31). The fraction of sp³-hybridized carbons (Fsp3) is 0.143. The van der Waals surface area contributed by atoms with Crippen molar-refractivity contribution in [2.24, 2.45) is 4.99 Å². The average molecular weight is 447 g/mol. The number of aliphatic imine (C=N–C) groups is 1. The molecule has 0 spiro atoms. The lowest BCUT2D eigenvalue weighted by molar-refractivity contribution is -0.137. The molecule has 0 radical (unpaired) electrons. The maximum atomic E-state index is 13.8. The van der Waals surface area contributed by atoms with Crippen LogP contribution in [0, 0.1) is 5.82 Å². The van der Waals surface area contributed by atoms with E-state index in [0.29, 0.717) is 42.2 Å². The van der Waals surface area contributed by atoms with Crippen LogP contribution in [0.4, 0.5) is 51.2 Å². The molecule has 0 bridgehead atoms. The third-order valence-electron chi connectivity index (χ3n) is 4.69. The molecule has 1 aromatic heterocycles. The van der Waals surface area contributed by atoms with Crippen LogP contribution in [0.2, 0.25) is 0 Å². The first-order valence-electron chi connectivity index (χ1n) is 9.39. The van der Waals surface area contributed by atoms with Gasteiger partial charge in [0.25, 0.3) is 0 Å². The second-order valence-electron chi connectivity index (χ2n) is 6.88. The maximum absolute atomic E-state index is 13.8. The summed E-state index contributed by atoms with van der Waals surface area (Å²) in [6, 6.07) is 9.45. The highest BCUT2D eigenvalue weighted by Gasteiger charge is 2.31. The molecule has 2 amide bonds. The van der Waals surface area contributed by atoms with Gasteiger partial charge in [0.2, 0.25) is 5.88 Å². The molecule has 1 aliphatic rings. The summed E-state index contributed by atoms with van der Waals surface area (Å²) in [5.41, 5.74) is 0.428. The Morgan fingerprint density at radius 1 is 1.09 bits per heavy atom. The summed E-state index contributed by atoms with van der Waals surface area (Å²) in [7, 11) is 1.75. The molecule has 0 atom stereocenters. The molecule has 0 unspecified atom stereocenters. The van der Waals surface area contributed by atoms with Crippen molar-refractivity contribution in [3.8, 4) is 0 Å². The van der Waals surface area contributed by atoms with E-state index in [2.05, 4.69) is 20.9 Å². The highest BCUT2D eigenvalue weighted by molar-refractivity contribution is 6.00. The summed E-state index contributed by atoms with van der Waals surface area (Å²) in [6.45, 7) is 0.534. The Morgan fingerprint density at radius 3 is 2.53 bits per heavy atom. The summed E-state index contributed by atoms with van der Waals surface area (Å²) in [5.74, 6) is 0.159. The second-order valence-corrected chi connectivity index (χ2v) is 6.88. The van der Waals surface area contributed by atoms with Gasteiger partial charge in [-0.2, -0.15) is 13.2 Å². The van der Waals surface area contributed by atoms with Gasteiger partial charge in [-0.15, -0.1) is 0 Å². The highest BCUT2D eigenvalue weighted by atomic mass is 19.4. The molecule has 11 heteroatoms. The van der Waals surface area contributed by atoms with Gasteiger partial charge in [0.05, 0.1) is 24.1 Å². The number of nitrogens with one attached hydrogen (secondary N) is 3. The van der Waals surface area contributed by atoms with Crippen LogP contribution in [0.1, 0.15) is 11.1 Å². The highest BCUT2D eigenvalue weighted by Crippen LogP contribution is 2.33. The third-order valence-corrected chi connectivity index (χ3v) is 4.69. The van der Waals surface area contributed by atoms with Crippen LogP contribution in [0.15, 0.2) is 57.9 Å². The van der Waals surface area contributed by atoms with E-state index in [0.717, 1.165) is 11.3 Å². The van der Waals surface area contributed by atoms with Gasteiger partial charge in [-0.25, -0.2) is 14.2 Å². The largest absolute Gasteiger partial charge is 0.423 e. The first-order chi connectivity index (χ1) is 15.2. The lowest BCUT2D eigenvalue weighted by Crippen LogP contribution is -2.23. The van der Waals surface area contributed by atoms with Crippen LogP contribution >= 0.6 is 0 Å². The Bertz CT molecular complexity index is 1170. The van der Waals surface area contributed by atoms with E-state index in [4.69, 9.17) is 4.42 Å². The second kappa shape index (κ2) is 8.25. The molecule has 2 aromatic carbocycles. The topological polar surface area (TPSA) is 81.9 Å². The van der Waals surface area contributed by atoms with Crippen LogP contribution in [-0.2, 0) is 12.7 Å². The molecule has 166 valence electrons. The zero-order valence-electron chi connectivity index (χ0n) is 16.6. The molecule has 2 heterocycles. The number of fused-ring (bicyclic) bond motifs is 1. The summed E-state index contributed by atoms with van der Waals surface area (Å²) >= 11 is 0. The smallest absolute Gasteiger partial charge is 0.416 e. The molecule has 0 fully saturated rings. The number of furan rings is 1. The first-order valence-corrected chi connectivity index (χ1v) is 9.39. The van der Waals surface area contributed by atoms with Gasteiger partial charge in [0, 0.05) is 30.1 Å². The number of halogens is 4. The van der Waals surface area contributed by atoms with Gasteiger partial charge in [-0.05, 0) is 42.5 Å². The van der Waals surface area contributed by atoms with E-state index in [1.54, 1.807) is 37.7 Å². The number of nitrogens with zero attached hydrogens (tertiary/aromatic N) is 2. The monoisotopic (exact) mass is 447 g/mol. The molecular weight excluding hydrogens is 430 g/mol. The molecule has 3 aromatic rings. The Hall–Kier alpha value is -4.02. The van der Waals surface area contributed by atoms with E-state index in [1.807, 2.05) is 11.0 Å². The van der Waals surface area contributed by atoms with Crippen molar-refractivity contribution in [3.05, 3.63) is 65.5 Å². The Kier molecular flexibility index (Phi) is 5.47. The summed E-state index contributed by atoms with van der Waals surface area (Å²) < 4.78 is 57.7. The van der Waals surface area contributed by atoms with Crippen LogP contribution in [-0.4, -0.2) is 19.4 Å². The summed E-state index contributed by atoms with van der Waals surface area (Å²) in [4.78, 5) is 18.3. The predicted octanol–water partition coefficient (Wildman–Crippen LogP) is 5.80. The predicted molar refractivity (Wildman–Crippen MR) is 113 cm³/mol. The van der Waals surface area contributed by atoms with E-state index >= 15 is 0 Å². The molecule has 3 N–H and O–H groups in total. The van der Waals surface area contributed by atoms with Crippen molar-refractivity contribution in [1.82, 2.24) is 0 Å². The van der Waals surface area contributed by atoms with E-state index in [1.165, 1.54) is 0 Å². The SMILES string of the molecule is CNc1cc2c(o1)N=CN(c1ccc(NC(=O)Nc3cc(C(F)(F)F)ccc3F)cc1)C2. The van der Waals surface area contributed by atoms with E-state index in [9.17, 15) is 22.4 Å². The number of anilines is 4. The van der Waals surface area contributed by atoms with Gasteiger partial charge in [-0.3, -0.25) is 0 Å². The van der Waals surface area contributed by atoms with Crippen LogP contribution < -0.4 is 20.9 Å². The van der Waals surface area contributed by atoms with Crippen LogP contribution in [0.25, 0.3) is 0 Å². The zero-order valence-corrected chi connectivity index (χ0v) is 16.6. The molecule has 0 saturated carbocycles. The molecule has 0 saturated heterocycles. The van der Waals surface area contributed by atoms with Gasteiger partial charge >= 0.3 is 12.2 Å². The molecule has 32 heavy (non-hydrogen) atoms. The summed E-state index contributed by atoms with van der Waals surface area (Å²) in [5, 5.41) is 7.47. The molecule has 7 nitrogen and oxygen atoms in total. The minimum atomic E-state index is -4.65. The Morgan fingerprint density at radius 2 is 1.84 bits per heavy atom. The minimum absolute atomic E-state index is 0.369. The number of alkyl halides is 3. The number of rotatable bonds is 4. The molecule has 4 rings (SSSR count). The number of carbonyl (C=O) groups excluding carboxylic acids is 1. The van der Waals surface area contributed by atoms with Crippen molar-refractivity contribution in [2.45, 2.75) is 12.7 Å². The number of benzene rings is 2. The fourth-order valence-electron chi connectivity index (χ4n) is 3.09. The number of hydrogen-bond acceptors (Lipinski definition) is 5. The van der Waals surface area contributed by atoms with E-state index in [-0.39, 0.29) is 0 Å². The first kappa shape index (κ1) is 21.2. The minimum Gasteiger partial charge on any atom is -0.423 e. The fourth-order valence-corrected chi connectivity index (χ4v) is 3.09. The van der Waals surface area contributed by atoms with E-state index < -0.39 is 29.3 Å². The summed E-state index contributed by atoms with van der Waals surface area (Å²) in [6.07, 6.45) is -3.03. The van der Waals surface area contributed by atoms with Crippen molar-refractivity contribution in [3.63, 3.8) is 0 Å². The normalized spacial score (nSPS) is 13.0. The Labute approximate surface area is 179 Å². The van der Waals surface area contributed by atoms with Crippen LogP contribution in [0.5, 0.6) is 0 Å². The van der Waals surface area contributed by atoms with Gasteiger partial charge < -0.3 is 25.3 Å². The molecular formula is C21H17F4N5O2. The third kappa shape index (κ3) is 4.51. The zero-order chi connectivity index (χ0) is 22.9. The van der Waals surface area contributed by atoms with Crippen molar-refractivity contribution in [1.29, 1.82) is 0 Å². The quantitative estimate of drug-likeness (QED) is 0.442.